The lowest BCUT2D eigenvalue weighted by Crippen LogP contribution is -2.56. The third-order valence-corrected chi connectivity index (χ3v) is 37.7. The lowest BCUT2D eigenvalue weighted by atomic mass is 9.38. The molecule has 0 aliphatic heterocycles. The molecule has 0 radical (unpaired) electrons. The summed E-state index contributed by atoms with van der Waals surface area (Å²) in [4.78, 5) is 0. The summed E-state index contributed by atoms with van der Waals surface area (Å²) in [6.45, 7) is 87.4. The topological polar surface area (TPSA) is 0 Å². The molecule has 0 aromatic carbocycles. The average molecular weight is 1520 g/mol. The maximum absolute atomic E-state index is 2.58. The van der Waals surface area contributed by atoms with Gasteiger partial charge in [0.2, 0.25) is 0 Å². The van der Waals surface area contributed by atoms with Gasteiger partial charge in [-0.25, -0.2) is 0 Å². The minimum Gasteiger partial charge on any atom is -0.0776 e. The molecule has 0 N–H and O–H groups in total. The van der Waals surface area contributed by atoms with Crippen LogP contribution in [-0.2, 0) is 0 Å². The molecule has 10 unspecified atom stereocenters. The molecule has 642 valence electrons. The van der Waals surface area contributed by atoms with Crippen LogP contribution in [0.5, 0.6) is 0 Å². The first-order valence-electron chi connectivity index (χ1n) is 48.3. The Kier molecular flexibility index (Phi) is 29.3. The Balaban J connectivity index is 0.000000176. The van der Waals surface area contributed by atoms with Gasteiger partial charge in [0.15, 0.2) is 0 Å². The predicted octanol–water partition coefficient (Wildman–Crippen LogP) is 35.7. The van der Waals surface area contributed by atoms with Crippen molar-refractivity contribution in [2.24, 2.45) is 211 Å². The first kappa shape index (κ1) is 96.1. The van der Waals surface area contributed by atoms with Gasteiger partial charge in [0.25, 0.3) is 0 Å². The van der Waals surface area contributed by atoms with Crippen molar-refractivity contribution < 1.29 is 0 Å². The molecule has 18 saturated carbocycles. The monoisotopic (exact) mass is 1520 g/mol. The number of hydrogen-bond donors (Lipinski definition) is 0. The van der Waals surface area contributed by atoms with Crippen LogP contribution >= 0.6 is 0 Å². The minimum atomic E-state index is 0. The standard InChI is InChI=1S/2C16H30.C15H26.3C15H28.C14H24.3CH4/c2*1-11(2)14-15(5)7-12(3)8-16(14,6)10-13(4)9-15;1-11(2)15-7-12-5-13(3,9-15)8-14(4,6-12)10-15;1-11(2)15-8-12(3)6-14(5,10-15)7-13(4)9-15;2*1-11(2)13-8-14(4)6-12(3)7-15(5,9-13)10-14;1-10(2)14-8-12(3)5-11(14)6-13(4,7-12)9-14;;;/h2*11-14H,7-10H2,1-6H3;11-12H,5-10H2,1-4H3;3*11-13H,6-10H2,1-5H3;10-11H,5-9H2,1-4H3;3*1H4. The van der Waals surface area contributed by atoms with Crippen molar-refractivity contribution in [3.8, 4) is 0 Å². The second-order valence-electron chi connectivity index (χ2n) is 54.9. The van der Waals surface area contributed by atoms with Crippen molar-refractivity contribution in [2.75, 3.05) is 0 Å². The van der Waals surface area contributed by atoms with Gasteiger partial charge in [0, 0.05) is 0 Å². The third-order valence-electron chi connectivity index (χ3n) is 37.7. The zero-order valence-corrected chi connectivity index (χ0v) is 79.2. The molecule has 18 bridgehead atoms. The second-order valence-corrected chi connectivity index (χ2v) is 54.9. The van der Waals surface area contributed by atoms with Crippen molar-refractivity contribution >= 4 is 0 Å². The zero-order valence-electron chi connectivity index (χ0n) is 79.2. The van der Waals surface area contributed by atoms with Crippen molar-refractivity contribution in [3.05, 3.63) is 0 Å². The Morgan fingerprint density at radius 3 is 0.661 bits per heavy atom. The summed E-state index contributed by atoms with van der Waals surface area (Å²) in [7, 11) is 0. The quantitative estimate of drug-likeness (QED) is 0.238. The summed E-state index contributed by atoms with van der Waals surface area (Å²) in [5, 5.41) is 0. The Bertz CT molecular complexity index is 2580. The second kappa shape index (κ2) is 33.2. The summed E-state index contributed by atoms with van der Waals surface area (Å²) in [5.74, 6) is 19.8. The fourth-order valence-electron chi connectivity index (χ4n) is 40.3. The van der Waals surface area contributed by atoms with Gasteiger partial charge in [-0.05, 0) is 429 Å². The third kappa shape index (κ3) is 20.6. The Hall–Kier alpha value is 0. The van der Waals surface area contributed by atoms with Crippen LogP contribution in [0.3, 0.4) is 0 Å². The summed E-state index contributed by atoms with van der Waals surface area (Å²) < 4.78 is 0. The molecular formula is C109H206. The van der Waals surface area contributed by atoms with Gasteiger partial charge in [-0.1, -0.05) is 265 Å². The van der Waals surface area contributed by atoms with E-state index in [-0.39, 0.29) is 22.3 Å². The van der Waals surface area contributed by atoms with Crippen LogP contribution in [0.4, 0.5) is 0 Å². The van der Waals surface area contributed by atoms with Crippen molar-refractivity contribution in [1.82, 2.24) is 0 Å². The van der Waals surface area contributed by atoms with E-state index in [1.54, 1.807) is 19.3 Å². The molecule has 109 heavy (non-hydrogen) atoms. The summed E-state index contributed by atoms with van der Waals surface area (Å²) in [5.41, 5.74) is 10.8. The highest BCUT2D eigenvalue weighted by molar-refractivity contribution is 5.17. The number of hydrogen-bond acceptors (Lipinski definition) is 0. The van der Waals surface area contributed by atoms with Crippen LogP contribution < -0.4 is 0 Å². The molecule has 18 fully saturated rings. The zero-order chi connectivity index (χ0) is 79.2. The van der Waals surface area contributed by atoms with Crippen molar-refractivity contribution in [3.63, 3.8) is 0 Å². The first-order valence-corrected chi connectivity index (χ1v) is 48.3. The van der Waals surface area contributed by atoms with E-state index in [2.05, 4.69) is 242 Å². The highest BCUT2D eigenvalue weighted by atomic mass is 14.7. The van der Waals surface area contributed by atoms with E-state index in [0.717, 1.165) is 146 Å². The molecule has 0 aromatic heterocycles. The first-order chi connectivity index (χ1) is 48.3. The molecule has 0 spiro atoms. The van der Waals surface area contributed by atoms with Crippen LogP contribution in [0.2, 0.25) is 0 Å². The van der Waals surface area contributed by atoms with Gasteiger partial charge < -0.3 is 0 Å². The molecule has 0 heterocycles. The molecule has 0 amide bonds. The van der Waals surface area contributed by atoms with Crippen molar-refractivity contribution in [2.45, 2.75) is 483 Å². The molecule has 0 heteroatoms. The van der Waals surface area contributed by atoms with E-state index in [9.17, 15) is 0 Å². The van der Waals surface area contributed by atoms with Crippen LogP contribution in [0.15, 0.2) is 0 Å². The maximum atomic E-state index is 2.58. The molecule has 18 aliphatic carbocycles. The molecule has 0 saturated heterocycles. The molecule has 18 rings (SSSR count). The van der Waals surface area contributed by atoms with E-state index in [0.29, 0.717) is 65.0 Å². The fourth-order valence-corrected chi connectivity index (χ4v) is 40.3. The van der Waals surface area contributed by atoms with E-state index in [1.807, 2.05) is 0 Å². The largest absolute Gasteiger partial charge is 0.0776 e. The lowest BCUT2D eigenvalue weighted by Gasteiger charge is -2.67. The van der Waals surface area contributed by atoms with E-state index in [4.69, 9.17) is 0 Å². The van der Waals surface area contributed by atoms with E-state index >= 15 is 0 Å². The number of fused-ring (bicyclic) bond motifs is 10. The Morgan fingerprint density at radius 1 is 0.202 bits per heavy atom. The van der Waals surface area contributed by atoms with Crippen LogP contribution in [0.25, 0.3) is 0 Å². The Labute approximate surface area is 689 Å². The smallest absolute Gasteiger partial charge is 0.0235 e. The van der Waals surface area contributed by atoms with Gasteiger partial charge in [-0.3, -0.25) is 0 Å². The van der Waals surface area contributed by atoms with Gasteiger partial charge >= 0.3 is 0 Å². The van der Waals surface area contributed by atoms with Gasteiger partial charge in [-0.2, -0.15) is 0 Å². The van der Waals surface area contributed by atoms with Crippen molar-refractivity contribution in [1.29, 1.82) is 0 Å². The van der Waals surface area contributed by atoms with E-state index < -0.39 is 0 Å². The summed E-state index contributed by atoms with van der Waals surface area (Å²) >= 11 is 0. The average Bonchev–Trinajstić information content (AvgIpc) is 1.56. The molecule has 0 nitrogen and oxygen atoms in total. The summed E-state index contributed by atoms with van der Waals surface area (Å²) in [6.07, 6.45) is 50.9. The normalized spacial score (nSPS) is 52.2. The van der Waals surface area contributed by atoms with Crippen LogP contribution in [0, 0.1) is 211 Å². The predicted molar refractivity (Wildman–Crippen MR) is 488 cm³/mol. The maximum Gasteiger partial charge on any atom is -0.0235 e. The van der Waals surface area contributed by atoms with E-state index in [1.165, 1.54) is 199 Å². The lowest BCUT2D eigenvalue weighted by molar-refractivity contribution is -0.162. The molecule has 0 aromatic rings. The Morgan fingerprint density at radius 2 is 0.431 bits per heavy atom. The van der Waals surface area contributed by atoms with Gasteiger partial charge in [-0.15, -0.1) is 0 Å². The highest BCUT2D eigenvalue weighted by Gasteiger charge is 2.68. The fraction of sp³-hybridized carbons (Fsp3) is 1.00. The number of rotatable bonds is 7. The van der Waals surface area contributed by atoms with Gasteiger partial charge in [0.1, 0.15) is 0 Å². The minimum absolute atomic E-state index is 0. The molecular weight excluding hydrogens is 1310 g/mol. The highest BCUT2D eigenvalue weighted by Crippen LogP contribution is 2.77. The SMILES string of the molecule is C.C.C.CC(C)C12CC3(C)CC1CC(C)(C3)C2.CC(C)C12CC3CC(C)(CC(C)(C3)C1)C2.CC1CC2(C)CC(C(C)C)CC(C)(C1)C2.CC1CC2(C)CC(C(C)C)CC(C)(C1)C2.CC1CC2(C)CC(C)CC(C(C)C)(C1)C2.CC1CC2(C)CC(C)CC(C)(C1)C2C(C)C.CC1CC2(C)CC(C)CC(C)(C1)C2C(C)C. The van der Waals surface area contributed by atoms with Gasteiger partial charge in [0.05, 0.1) is 0 Å². The molecule has 10 atom stereocenters. The van der Waals surface area contributed by atoms with Crippen LogP contribution in [0.1, 0.15) is 483 Å². The molecule has 18 aliphatic rings. The van der Waals surface area contributed by atoms with Crippen LogP contribution in [-0.4, -0.2) is 0 Å². The summed E-state index contributed by atoms with van der Waals surface area (Å²) in [6, 6.07) is 0.